The van der Waals surface area contributed by atoms with E-state index in [0.717, 1.165) is 23.7 Å². The van der Waals surface area contributed by atoms with Gasteiger partial charge in [0.15, 0.2) is 11.6 Å². The van der Waals surface area contributed by atoms with Crippen LogP contribution in [0.4, 0.5) is 18.3 Å². The van der Waals surface area contributed by atoms with Gasteiger partial charge in [-0.25, -0.2) is 4.98 Å². The number of Topliss-reactive ketones (excluding diaryl/α,β-unsaturated/α-hetero) is 1. The molecule has 0 atom stereocenters. The number of halogens is 3. The maximum absolute atomic E-state index is 12.8. The van der Waals surface area contributed by atoms with Crippen LogP contribution in [0.5, 0.6) is 0 Å². The van der Waals surface area contributed by atoms with E-state index >= 15 is 0 Å². The Morgan fingerprint density at radius 2 is 2.00 bits per heavy atom. The zero-order valence-corrected chi connectivity index (χ0v) is 14.6. The standard InChI is InChI=1S/C17H12F3N3O3S/c1-9(24)5-14-21-16(27-23-14)22-15(25)13-7-11(8-26-13)10-3-2-4-12(6-10)17(18,19)20/h2-4,6-8H,5H2,1H3,(H,21,22,23,25). The quantitative estimate of drug-likeness (QED) is 0.700. The number of benzene rings is 1. The molecule has 0 saturated carbocycles. The second-order valence-electron chi connectivity index (χ2n) is 5.63. The summed E-state index contributed by atoms with van der Waals surface area (Å²) in [5.74, 6) is -0.529. The number of rotatable bonds is 5. The Morgan fingerprint density at radius 3 is 2.70 bits per heavy atom. The van der Waals surface area contributed by atoms with Crippen LogP contribution >= 0.6 is 11.5 Å². The Balaban J connectivity index is 1.74. The van der Waals surface area contributed by atoms with E-state index < -0.39 is 17.6 Å². The molecule has 0 aliphatic heterocycles. The molecule has 1 N–H and O–H groups in total. The third kappa shape index (κ3) is 4.59. The summed E-state index contributed by atoms with van der Waals surface area (Å²) >= 11 is 0.910. The Bertz CT molecular complexity index is 994. The number of carbonyl (C=O) groups is 2. The first-order chi connectivity index (χ1) is 12.7. The molecule has 2 heterocycles. The number of alkyl halides is 3. The SMILES string of the molecule is CC(=O)Cc1nsc(NC(=O)c2cc(-c3cccc(C(F)(F)F)c3)co2)n1. The van der Waals surface area contributed by atoms with E-state index in [2.05, 4.69) is 14.7 Å². The third-order valence-electron chi connectivity index (χ3n) is 3.44. The van der Waals surface area contributed by atoms with Crippen LogP contribution in [0.1, 0.15) is 28.9 Å². The van der Waals surface area contributed by atoms with Crippen molar-refractivity contribution in [1.29, 1.82) is 0 Å². The molecule has 0 unspecified atom stereocenters. The molecular formula is C17H12F3N3O3S. The number of hydrogen-bond acceptors (Lipinski definition) is 6. The molecule has 0 radical (unpaired) electrons. The molecule has 6 nitrogen and oxygen atoms in total. The number of anilines is 1. The molecule has 0 aliphatic rings. The van der Waals surface area contributed by atoms with Crippen molar-refractivity contribution in [2.45, 2.75) is 19.5 Å². The molecule has 0 fully saturated rings. The maximum Gasteiger partial charge on any atom is 0.416 e. The number of amides is 1. The highest BCUT2D eigenvalue weighted by molar-refractivity contribution is 7.09. The minimum absolute atomic E-state index is 0.0623. The van der Waals surface area contributed by atoms with Gasteiger partial charge in [0.25, 0.3) is 5.91 Å². The van der Waals surface area contributed by atoms with Crippen LogP contribution in [-0.4, -0.2) is 21.0 Å². The van der Waals surface area contributed by atoms with Crippen LogP contribution in [0.25, 0.3) is 11.1 Å². The summed E-state index contributed by atoms with van der Waals surface area (Å²) in [5, 5.41) is 2.66. The fourth-order valence-corrected chi connectivity index (χ4v) is 2.82. The first-order valence-corrected chi connectivity index (χ1v) is 8.39. The van der Waals surface area contributed by atoms with Gasteiger partial charge in [-0.2, -0.15) is 17.5 Å². The lowest BCUT2D eigenvalue weighted by Crippen LogP contribution is -2.10. The van der Waals surface area contributed by atoms with Gasteiger partial charge in [0.1, 0.15) is 5.78 Å². The summed E-state index contributed by atoms with van der Waals surface area (Å²) in [6, 6.07) is 6.04. The summed E-state index contributed by atoms with van der Waals surface area (Å²) in [4.78, 5) is 27.3. The van der Waals surface area contributed by atoms with Crippen LogP contribution in [-0.2, 0) is 17.4 Å². The van der Waals surface area contributed by atoms with Crippen LogP contribution < -0.4 is 5.32 Å². The highest BCUT2D eigenvalue weighted by atomic mass is 32.1. The molecule has 10 heteroatoms. The van der Waals surface area contributed by atoms with Gasteiger partial charge in [-0.05, 0) is 30.7 Å². The van der Waals surface area contributed by atoms with E-state index in [1.165, 1.54) is 31.4 Å². The molecule has 1 amide bonds. The molecular weight excluding hydrogens is 383 g/mol. The van der Waals surface area contributed by atoms with Gasteiger partial charge >= 0.3 is 6.18 Å². The van der Waals surface area contributed by atoms with E-state index in [1.54, 1.807) is 0 Å². The molecule has 0 aliphatic carbocycles. The van der Waals surface area contributed by atoms with E-state index in [-0.39, 0.29) is 28.7 Å². The molecule has 1 aromatic carbocycles. The summed E-state index contributed by atoms with van der Waals surface area (Å²) in [7, 11) is 0. The molecule has 140 valence electrons. The normalized spacial score (nSPS) is 11.4. The van der Waals surface area contributed by atoms with Crippen molar-refractivity contribution in [2.24, 2.45) is 0 Å². The molecule has 27 heavy (non-hydrogen) atoms. The van der Waals surface area contributed by atoms with Crippen LogP contribution in [0.2, 0.25) is 0 Å². The summed E-state index contributed by atoms with van der Waals surface area (Å²) in [5.41, 5.74) is -0.188. The van der Waals surface area contributed by atoms with Crippen LogP contribution in [0.3, 0.4) is 0 Å². The van der Waals surface area contributed by atoms with Crippen molar-refractivity contribution in [2.75, 3.05) is 5.32 Å². The number of hydrogen-bond donors (Lipinski definition) is 1. The van der Waals surface area contributed by atoms with Crippen molar-refractivity contribution < 1.29 is 27.2 Å². The van der Waals surface area contributed by atoms with E-state index in [0.29, 0.717) is 11.4 Å². The second-order valence-corrected chi connectivity index (χ2v) is 6.38. The fraction of sp³-hybridized carbons (Fsp3) is 0.176. The van der Waals surface area contributed by atoms with Gasteiger partial charge in [-0.3, -0.25) is 14.9 Å². The summed E-state index contributed by atoms with van der Waals surface area (Å²) in [6.45, 7) is 1.40. The van der Waals surface area contributed by atoms with Gasteiger partial charge in [-0.1, -0.05) is 12.1 Å². The lowest BCUT2D eigenvalue weighted by atomic mass is 10.1. The van der Waals surface area contributed by atoms with Gasteiger partial charge in [-0.15, -0.1) is 0 Å². The highest BCUT2D eigenvalue weighted by Gasteiger charge is 2.30. The first kappa shape index (κ1) is 18.8. The molecule has 2 aromatic heterocycles. The van der Waals surface area contributed by atoms with Crippen molar-refractivity contribution in [3.63, 3.8) is 0 Å². The van der Waals surface area contributed by atoms with E-state index in [1.807, 2.05) is 0 Å². The van der Waals surface area contributed by atoms with Crippen LogP contribution in [0.15, 0.2) is 41.0 Å². The topological polar surface area (TPSA) is 85.1 Å². The lowest BCUT2D eigenvalue weighted by molar-refractivity contribution is -0.137. The predicted octanol–water partition coefficient (Wildman–Crippen LogP) is 4.20. The van der Waals surface area contributed by atoms with Crippen molar-refractivity contribution >= 4 is 28.4 Å². The third-order valence-corrected chi connectivity index (χ3v) is 4.11. The van der Waals surface area contributed by atoms with Crippen molar-refractivity contribution in [1.82, 2.24) is 9.36 Å². The maximum atomic E-state index is 12.8. The Hall–Kier alpha value is -3.01. The number of carbonyl (C=O) groups excluding carboxylic acids is 2. The van der Waals surface area contributed by atoms with Crippen molar-refractivity contribution in [3.05, 3.63) is 53.7 Å². The summed E-state index contributed by atoms with van der Waals surface area (Å²) in [6.07, 6.45) is -3.20. The second kappa shape index (κ2) is 7.31. The average molecular weight is 395 g/mol. The zero-order valence-electron chi connectivity index (χ0n) is 13.8. The lowest BCUT2D eigenvalue weighted by Gasteiger charge is -2.07. The molecule has 3 aromatic rings. The number of ketones is 1. The van der Waals surface area contributed by atoms with Crippen molar-refractivity contribution in [3.8, 4) is 11.1 Å². The van der Waals surface area contributed by atoms with E-state index in [9.17, 15) is 22.8 Å². The molecule has 3 rings (SSSR count). The van der Waals surface area contributed by atoms with Gasteiger partial charge in [0.2, 0.25) is 5.13 Å². The number of nitrogens with zero attached hydrogens (tertiary/aromatic N) is 2. The monoisotopic (exact) mass is 395 g/mol. The van der Waals surface area contributed by atoms with Gasteiger partial charge in [0, 0.05) is 17.1 Å². The average Bonchev–Trinajstić information content (AvgIpc) is 3.23. The fourth-order valence-electron chi connectivity index (χ4n) is 2.24. The predicted molar refractivity (Wildman–Crippen MR) is 91.4 cm³/mol. The minimum atomic E-state index is -4.46. The van der Waals surface area contributed by atoms with Crippen LogP contribution in [0, 0.1) is 0 Å². The molecule has 0 saturated heterocycles. The largest absolute Gasteiger partial charge is 0.459 e. The first-order valence-electron chi connectivity index (χ1n) is 7.62. The summed E-state index contributed by atoms with van der Waals surface area (Å²) < 4.78 is 47.6. The smallest absolute Gasteiger partial charge is 0.416 e. The van der Waals surface area contributed by atoms with E-state index in [4.69, 9.17) is 4.42 Å². The molecule has 0 bridgehead atoms. The Kier molecular flexibility index (Phi) is 5.08. The van der Waals surface area contributed by atoms with Gasteiger partial charge < -0.3 is 4.42 Å². The Morgan fingerprint density at radius 1 is 1.22 bits per heavy atom. The number of nitrogens with one attached hydrogen (secondary N) is 1. The highest BCUT2D eigenvalue weighted by Crippen LogP contribution is 2.32. The molecule has 0 spiro atoms. The number of aromatic nitrogens is 2. The van der Waals surface area contributed by atoms with Gasteiger partial charge in [0.05, 0.1) is 18.2 Å². The number of furan rings is 1. The zero-order chi connectivity index (χ0) is 19.6. The minimum Gasteiger partial charge on any atom is -0.459 e. The Labute approximate surface area is 155 Å².